The fourth-order valence-electron chi connectivity index (χ4n) is 4.06. The number of hydrogen-bond acceptors (Lipinski definition) is 4. The second-order valence-electron chi connectivity index (χ2n) is 7.52. The first-order chi connectivity index (χ1) is 14.7. The number of carbonyl (C=O) groups is 1. The second kappa shape index (κ2) is 7.88. The number of aryl methyl sites for hydroxylation is 2. The number of carbonyl (C=O) groups excluding carboxylic acids is 1. The Morgan fingerprint density at radius 3 is 2.53 bits per heavy atom. The van der Waals surface area contributed by atoms with Gasteiger partial charge in [-0.1, -0.05) is 48.5 Å². The van der Waals surface area contributed by atoms with Gasteiger partial charge in [0.05, 0.1) is 18.3 Å². The van der Waals surface area contributed by atoms with Crippen LogP contribution >= 0.6 is 11.3 Å². The molecule has 0 saturated heterocycles. The molecule has 1 amide bonds. The van der Waals surface area contributed by atoms with Crippen LogP contribution in [0.15, 0.2) is 71.8 Å². The monoisotopic (exact) mass is 415 g/mol. The molecule has 5 nitrogen and oxygen atoms in total. The van der Waals surface area contributed by atoms with Crippen LogP contribution in [0, 0.1) is 0 Å². The summed E-state index contributed by atoms with van der Waals surface area (Å²) in [5.41, 5.74) is 2.87. The molecule has 1 aliphatic carbocycles. The van der Waals surface area contributed by atoms with Crippen LogP contribution in [0.2, 0.25) is 0 Å². The van der Waals surface area contributed by atoms with Crippen molar-refractivity contribution in [3.05, 3.63) is 93.3 Å². The molecule has 5 rings (SSSR count). The van der Waals surface area contributed by atoms with E-state index in [0.717, 1.165) is 40.9 Å². The highest BCUT2D eigenvalue weighted by Crippen LogP contribution is 2.34. The molecule has 2 aromatic heterocycles. The van der Waals surface area contributed by atoms with Crippen LogP contribution in [-0.2, 0) is 30.7 Å². The van der Waals surface area contributed by atoms with Crippen molar-refractivity contribution in [2.75, 3.05) is 4.90 Å². The third kappa shape index (κ3) is 3.44. The molecule has 0 fully saturated rings. The maximum atomic E-state index is 13.3. The third-order valence-electron chi connectivity index (χ3n) is 5.55. The topological polar surface area (TPSA) is 55.2 Å². The van der Waals surface area contributed by atoms with Gasteiger partial charge in [0.15, 0.2) is 0 Å². The van der Waals surface area contributed by atoms with Gasteiger partial charge in [0, 0.05) is 10.6 Å². The maximum absolute atomic E-state index is 13.3. The molecule has 6 heteroatoms. The Bertz CT molecular complexity index is 1260. The zero-order chi connectivity index (χ0) is 20.5. The zero-order valence-corrected chi connectivity index (χ0v) is 17.3. The maximum Gasteiger partial charge on any atom is 0.262 e. The minimum absolute atomic E-state index is 0.0336. The predicted molar refractivity (Wildman–Crippen MR) is 120 cm³/mol. The smallest absolute Gasteiger partial charge is 0.262 e. The average Bonchev–Trinajstić information content (AvgIpc) is 3.36. The van der Waals surface area contributed by atoms with Crippen LogP contribution in [0.25, 0.3) is 10.2 Å². The standard InChI is InChI=1S/C24H21N3O2S/c28-21(27(18-10-5-2-6-11-18)14-17-8-3-1-4-9-17)15-26-16-25-23-22(24(26)29)19-12-7-13-20(19)30-23/h1-6,8-11,16H,7,12-15H2. The van der Waals surface area contributed by atoms with Gasteiger partial charge >= 0.3 is 0 Å². The van der Waals surface area contributed by atoms with Gasteiger partial charge in [-0.2, -0.15) is 0 Å². The third-order valence-corrected chi connectivity index (χ3v) is 6.75. The van der Waals surface area contributed by atoms with E-state index in [1.807, 2.05) is 60.7 Å². The van der Waals surface area contributed by atoms with Crippen molar-refractivity contribution in [1.82, 2.24) is 9.55 Å². The van der Waals surface area contributed by atoms with Crippen molar-refractivity contribution >= 4 is 33.1 Å². The molecule has 2 aromatic carbocycles. The van der Waals surface area contributed by atoms with E-state index in [1.54, 1.807) is 16.2 Å². The molecule has 0 bridgehead atoms. The Kier molecular flexibility index (Phi) is 4.93. The van der Waals surface area contributed by atoms with E-state index in [-0.39, 0.29) is 18.0 Å². The number of amides is 1. The molecule has 150 valence electrons. The number of rotatable bonds is 5. The Labute approximate surface area is 178 Å². The van der Waals surface area contributed by atoms with E-state index in [9.17, 15) is 9.59 Å². The molecule has 0 aliphatic heterocycles. The van der Waals surface area contributed by atoms with Gasteiger partial charge in [-0.3, -0.25) is 14.2 Å². The van der Waals surface area contributed by atoms with Gasteiger partial charge in [-0.05, 0) is 42.5 Å². The number of fused-ring (bicyclic) bond motifs is 3. The fourth-order valence-corrected chi connectivity index (χ4v) is 5.28. The van der Waals surface area contributed by atoms with Crippen molar-refractivity contribution in [2.24, 2.45) is 0 Å². The summed E-state index contributed by atoms with van der Waals surface area (Å²) < 4.78 is 1.46. The number of nitrogens with zero attached hydrogens (tertiary/aromatic N) is 3. The fraction of sp³-hybridized carbons (Fsp3) is 0.208. The van der Waals surface area contributed by atoms with Crippen molar-refractivity contribution in [3.63, 3.8) is 0 Å². The van der Waals surface area contributed by atoms with Gasteiger partial charge in [0.25, 0.3) is 5.56 Å². The van der Waals surface area contributed by atoms with E-state index in [0.29, 0.717) is 11.9 Å². The van der Waals surface area contributed by atoms with Crippen molar-refractivity contribution in [1.29, 1.82) is 0 Å². The van der Waals surface area contributed by atoms with E-state index in [1.165, 1.54) is 15.8 Å². The molecular weight excluding hydrogens is 394 g/mol. The number of anilines is 1. The lowest BCUT2D eigenvalue weighted by Gasteiger charge is -2.23. The summed E-state index contributed by atoms with van der Waals surface area (Å²) in [5.74, 6) is -0.139. The van der Waals surface area contributed by atoms with Crippen LogP contribution in [0.5, 0.6) is 0 Å². The summed E-state index contributed by atoms with van der Waals surface area (Å²) in [6.07, 6.45) is 4.55. The van der Waals surface area contributed by atoms with Crippen molar-refractivity contribution < 1.29 is 4.79 Å². The highest BCUT2D eigenvalue weighted by Gasteiger charge is 2.23. The summed E-state index contributed by atoms with van der Waals surface area (Å²) in [5, 5.41) is 0.706. The van der Waals surface area contributed by atoms with Crippen LogP contribution < -0.4 is 10.5 Å². The molecule has 4 aromatic rings. The number of hydrogen-bond donors (Lipinski definition) is 0. The zero-order valence-electron chi connectivity index (χ0n) is 16.5. The molecule has 0 N–H and O–H groups in total. The van der Waals surface area contributed by atoms with Crippen molar-refractivity contribution in [2.45, 2.75) is 32.4 Å². The van der Waals surface area contributed by atoms with Gasteiger partial charge in [-0.25, -0.2) is 4.98 Å². The quantitative estimate of drug-likeness (QED) is 0.491. The van der Waals surface area contributed by atoms with Gasteiger partial charge in [0.1, 0.15) is 11.4 Å². The van der Waals surface area contributed by atoms with Gasteiger partial charge in [-0.15, -0.1) is 11.3 Å². The highest BCUT2D eigenvalue weighted by molar-refractivity contribution is 7.18. The molecule has 30 heavy (non-hydrogen) atoms. The predicted octanol–water partition coefficient (Wildman–Crippen LogP) is 4.18. The first kappa shape index (κ1) is 18.8. The van der Waals surface area contributed by atoms with E-state index in [2.05, 4.69) is 4.98 Å². The first-order valence-electron chi connectivity index (χ1n) is 10.1. The van der Waals surface area contributed by atoms with Crippen LogP contribution in [0.1, 0.15) is 22.4 Å². The van der Waals surface area contributed by atoms with E-state index >= 15 is 0 Å². The molecule has 2 heterocycles. The largest absolute Gasteiger partial charge is 0.306 e. The Hall–Kier alpha value is -3.25. The van der Waals surface area contributed by atoms with Crippen LogP contribution in [0.3, 0.4) is 0 Å². The summed E-state index contributed by atoms with van der Waals surface area (Å²) >= 11 is 1.61. The molecule has 0 saturated carbocycles. The summed E-state index contributed by atoms with van der Waals surface area (Å²) in [6, 6.07) is 19.4. The minimum Gasteiger partial charge on any atom is -0.306 e. The molecule has 0 spiro atoms. The second-order valence-corrected chi connectivity index (χ2v) is 8.60. The van der Waals surface area contributed by atoms with Crippen LogP contribution in [-0.4, -0.2) is 15.5 Å². The number of para-hydroxylation sites is 1. The number of benzene rings is 2. The normalized spacial score (nSPS) is 12.8. The Morgan fingerprint density at radius 1 is 1.03 bits per heavy atom. The summed E-state index contributed by atoms with van der Waals surface area (Å²) in [6.45, 7) is 0.413. The average molecular weight is 416 g/mol. The minimum atomic E-state index is -0.139. The van der Waals surface area contributed by atoms with Gasteiger partial charge < -0.3 is 4.90 Å². The molecule has 0 atom stereocenters. The van der Waals surface area contributed by atoms with Crippen molar-refractivity contribution in [3.8, 4) is 0 Å². The van der Waals surface area contributed by atoms with E-state index in [4.69, 9.17) is 0 Å². The summed E-state index contributed by atoms with van der Waals surface area (Å²) in [4.78, 5) is 34.8. The SMILES string of the molecule is O=C(Cn1cnc2sc3c(c2c1=O)CCC3)N(Cc1ccccc1)c1ccccc1. The Balaban J connectivity index is 1.48. The van der Waals surface area contributed by atoms with Gasteiger partial charge in [0.2, 0.25) is 5.91 Å². The molecule has 0 radical (unpaired) electrons. The lowest BCUT2D eigenvalue weighted by Crippen LogP contribution is -2.36. The lowest BCUT2D eigenvalue weighted by atomic mass is 10.2. The van der Waals surface area contributed by atoms with Crippen LogP contribution in [0.4, 0.5) is 5.69 Å². The summed E-state index contributed by atoms with van der Waals surface area (Å²) in [7, 11) is 0. The Morgan fingerprint density at radius 2 is 1.77 bits per heavy atom. The highest BCUT2D eigenvalue weighted by atomic mass is 32.1. The lowest BCUT2D eigenvalue weighted by molar-refractivity contribution is -0.119. The number of aromatic nitrogens is 2. The van der Waals surface area contributed by atoms with E-state index < -0.39 is 0 Å². The molecule has 1 aliphatic rings. The first-order valence-corrected chi connectivity index (χ1v) is 10.9. The molecule has 0 unspecified atom stereocenters. The molecular formula is C24H21N3O2S. The number of thiophene rings is 1.